The van der Waals surface area contributed by atoms with Crippen LogP contribution in [-0.4, -0.2) is 4.98 Å². The average molecular weight is 246 g/mol. The predicted octanol–water partition coefficient (Wildman–Crippen LogP) is 3.55. The van der Waals surface area contributed by atoms with Gasteiger partial charge in [0, 0.05) is 16.6 Å². The van der Waals surface area contributed by atoms with Crippen LogP contribution in [-0.2, 0) is 6.42 Å². The molecular weight excluding hydrogens is 232 g/mol. The summed E-state index contributed by atoms with van der Waals surface area (Å²) in [7, 11) is 0. The van der Waals surface area contributed by atoms with E-state index in [2.05, 4.69) is 11.6 Å². The smallest absolute Gasteiger partial charge is 0.278 e. The number of nitrogens with two attached hydrogens (primary N) is 1. The summed E-state index contributed by atoms with van der Waals surface area (Å²) in [5.74, 6) is 0.786. The van der Waals surface area contributed by atoms with E-state index >= 15 is 0 Å². The molecule has 1 heterocycles. The lowest BCUT2D eigenvalue weighted by molar-refractivity contribution is 0.473. The van der Waals surface area contributed by atoms with E-state index in [9.17, 15) is 0 Å². The molecule has 1 aromatic heterocycles. The third-order valence-electron chi connectivity index (χ3n) is 2.24. The van der Waals surface area contributed by atoms with E-state index in [4.69, 9.17) is 10.5 Å². The Morgan fingerprint density at radius 1 is 1.53 bits per heavy atom. The van der Waals surface area contributed by atoms with Crippen LogP contribution in [0.3, 0.4) is 0 Å². The first kappa shape index (κ1) is 11.7. The number of benzene rings is 1. The molecule has 1 aromatic carbocycles. The first-order valence-electron chi connectivity index (χ1n) is 5.28. The van der Waals surface area contributed by atoms with Gasteiger partial charge < -0.3 is 10.5 Å². The number of rotatable bonds is 4. The fraction of sp³-hybridized carbons (Fsp3) is 0.154. The zero-order valence-corrected chi connectivity index (χ0v) is 10.5. The highest BCUT2D eigenvalue weighted by atomic mass is 32.1. The molecule has 0 atom stereocenters. The van der Waals surface area contributed by atoms with Crippen LogP contribution >= 0.6 is 11.3 Å². The van der Waals surface area contributed by atoms with Gasteiger partial charge in [0.25, 0.3) is 5.19 Å². The van der Waals surface area contributed by atoms with Gasteiger partial charge in [-0.2, -0.15) is 0 Å². The number of aryl methyl sites for hydroxylation is 1. The predicted molar refractivity (Wildman–Crippen MR) is 71.7 cm³/mol. The molecular formula is C13H14N2OS. The largest absolute Gasteiger partial charge is 0.431 e. The molecule has 0 saturated carbocycles. The molecule has 2 rings (SSSR count). The standard InChI is InChI=1S/C13H14N2OS/c1-3-4-10-7-11(14)5-6-12(10)16-13-15-9(2)8-17-13/h3,5-8H,1,4,14H2,2H3. The van der Waals surface area contributed by atoms with E-state index in [1.807, 2.05) is 36.6 Å². The van der Waals surface area contributed by atoms with Crippen molar-refractivity contribution >= 4 is 17.0 Å². The lowest BCUT2D eigenvalue weighted by Crippen LogP contribution is -1.93. The zero-order chi connectivity index (χ0) is 12.3. The van der Waals surface area contributed by atoms with Crippen molar-refractivity contribution in [3.63, 3.8) is 0 Å². The number of nitrogens with zero attached hydrogens (tertiary/aromatic N) is 1. The lowest BCUT2D eigenvalue weighted by Gasteiger charge is -2.08. The SMILES string of the molecule is C=CCc1cc(N)ccc1Oc1nc(C)cs1. The molecule has 0 aliphatic heterocycles. The molecule has 88 valence electrons. The Balaban J connectivity index is 2.28. The number of thiazole rings is 1. The van der Waals surface area contributed by atoms with Gasteiger partial charge in [0.05, 0.1) is 5.69 Å². The molecule has 0 fully saturated rings. The highest BCUT2D eigenvalue weighted by Crippen LogP contribution is 2.29. The maximum Gasteiger partial charge on any atom is 0.278 e. The lowest BCUT2D eigenvalue weighted by atomic mass is 10.1. The van der Waals surface area contributed by atoms with Crippen LogP contribution in [0.2, 0.25) is 0 Å². The molecule has 0 saturated heterocycles. The fourth-order valence-electron chi connectivity index (χ4n) is 1.49. The Hall–Kier alpha value is -1.81. The summed E-state index contributed by atoms with van der Waals surface area (Å²) >= 11 is 1.48. The minimum absolute atomic E-state index is 0.651. The number of ether oxygens (including phenoxy) is 1. The van der Waals surface area contributed by atoms with Gasteiger partial charge in [0.15, 0.2) is 0 Å². The average Bonchev–Trinajstić information content (AvgIpc) is 2.69. The molecule has 0 aliphatic rings. The molecule has 0 bridgehead atoms. The van der Waals surface area contributed by atoms with Crippen molar-refractivity contribution in [2.75, 3.05) is 5.73 Å². The fourth-order valence-corrected chi connectivity index (χ4v) is 2.15. The van der Waals surface area contributed by atoms with Gasteiger partial charge in [0.1, 0.15) is 5.75 Å². The van der Waals surface area contributed by atoms with Crippen molar-refractivity contribution in [1.82, 2.24) is 4.98 Å². The number of hydrogen-bond acceptors (Lipinski definition) is 4. The Kier molecular flexibility index (Phi) is 3.44. The van der Waals surface area contributed by atoms with Crippen LogP contribution in [0.5, 0.6) is 10.9 Å². The third-order valence-corrected chi connectivity index (χ3v) is 3.08. The van der Waals surface area contributed by atoms with E-state index in [-0.39, 0.29) is 0 Å². The topological polar surface area (TPSA) is 48.1 Å². The molecule has 2 aromatic rings. The van der Waals surface area contributed by atoms with E-state index in [1.54, 1.807) is 0 Å². The van der Waals surface area contributed by atoms with Crippen LogP contribution in [0.1, 0.15) is 11.3 Å². The Labute approximate surface area is 105 Å². The number of hydrogen-bond donors (Lipinski definition) is 1. The van der Waals surface area contributed by atoms with Gasteiger partial charge in [-0.05, 0) is 31.5 Å². The minimum Gasteiger partial charge on any atom is -0.431 e. The van der Waals surface area contributed by atoms with Crippen LogP contribution in [0, 0.1) is 6.92 Å². The summed E-state index contributed by atoms with van der Waals surface area (Å²) in [5, 5.41) is 2.61. The molecule has 0 unspecified atom stereocenters. The van der Waals surface area contributed by atoms with Gasteiger partial charge >= 0.3 is 0 Å². The van der Waals surface area contributed by atoms with Gasteiger partial charge in [-0.25, -0.2) is 4.98 Å². The second-order valence-corrected chi connectivity index (χ2v) is 4.54. The number of anilines is 1. The summed E-state index contributed by atoms with van der Waals surface area (Å²) in [5.41, 5.74) is 8.46. The summed E-state index contributed by atoms with van der Waals surface area (Å²) in [6, 6.07) is 5.59. The molecule has 0 aliphatic carbocycles. The summed E-state index contributed by atoms with van der Waals surface area (Å²) in [6.07, 6.45) is 2.56. The van der Waals surface area contributed by atoms with Crippen molar-refractivity contribution in [1.29, 1.82) is 0 Å². The van der Waals surface area contributed by atoms with E-state index in [0.29, 0.717) is 5.19 Å². The maximum absolute atomic E-state index is 5.75. The first-order chi connectivity index (χ1) is 8.19. The van der Waals surface area contributed by atoms with Crippen molar-refractivity contribution < 1.29 is 4.74 Å². The molecule has 4 heteroatoms. The third kappa shape index (κ3) is 2.85. The van der Waals surface area contributed by atoms with Crippen LogP contribution in [0.15, 0.2) is 36.2 Å². The molecule has 3 nitrogen and oxygen atoms in total. The Morgan fingerprint density at radius 2 is 2.35 bits per heavy atom. The first-order valence-corrected chi connectivity index (χ1v) is 6.16. The minimum atomic E-state index is 0.651. The van der Waals surface area contributed by atoms with Gasteiger partial charge in [-0.15, -0.1) is 6.58 Å². The van der Waals surface area contributed by atoms with Gasteiger partial charge in [-0.3, -0.25) is 0 Å². The monoisotopic (exact) mass is 246 g/mol. The molecule has 17 heavy (non-hydrogen) atoms. The second-order valence-electron chi connectivity index (χ2n) is 3.72. The molecule has 0 radical (unpaired) electrons. The molecule has 0 amide bonds. The van der Waals surface area contributed by atoms with E-state index in [0.717, 1.165) is 29.1 Å². The second kappa shape index (κ2) is 5.01. The summed E-state index contributed by atoms with van der Waals surface area (Å²) in [4.78, 5) is 4.27. The highest BCUT2D eigenvalue weighted by molar-refractivity contribution is 7.11. The van der Waals surface area contributed by atoms with Crippen LogP contribution in [0.25, 0.3) is 0 Å². The molecule has 2 N–H and O–H groups in total. The van der Waals surface area contributed by atoms with Gasteiger partial charge in [-0.1, -0.05) is 17.4 Å². The quantitative estimate of drug-likeness (QED) is 0.663. The van der Waals surface area contributed by atoms with Crippen molar-refractivity contribution in [3.05, 3.63) is 47.5 Å². The molecule has 0 spiro atoms. The summed E-state index contributed by atoms with van der Waals surface area (Å²) < 4.78 is 5.74. The zero-order valence-electron chi connectivity index (χ0n) is 9.64. The van der Waals surface area contributed by atoms with Crippen molar-refractivity contribution in [2.45, 2.75) is 13.3 Å². The normalized spacial score (nSPS) is 10.2. The Bertz CT molecular complexity index is 534. The number of allylic oxidation sites excluding steroid dienone is 1. The van der Waals surface area contributed by atoms with Gasteiger partial charge in [0.2, 0.25) is 0 Å². The highest BCUT2D eigenvalue weighted by Gasteiger charge is 2.06. The summed E-state index contributed by atoms with van der Waals surface area (Å²) in [6.45, 7) is 5.67. The van der Waals surface area contributed by atoms with E-state index < -0.39 is 0 Å². The number of nitrogen functional groups attached to an aromatic ring is 1. The van der Waals surface area contributed by atoms with E-state index in [1.165, 1.54) is 11.3 Å². The maximum atomic E-state index is 5.75. The van der Waals surface area contributed by atoms with Crippen LogP contribution in [0.4, 0.5) is 5.69 Å². The number of aromatic nitrogens is 1. The van der Waals surface area contributed by atoms with Crippen molar-refractivity contribution in [2.24, 2.45) is 0 Å². The Morgan fingerprint density at radius 3 is 3.00 bits per heavy atom. The van der Waals surface area contributed by atoms with Crippen molar-refractivity contribution in [3.8, 4) is 10.9 Å². The van der Waals surface area contributed by atoms with Crippen LogP contribution < -0.4 is 10.5 Å².